The predicted molar refractivity (Wildman–Crippen MR) is 118 cm³/mol. The molecule has 158 valence electrons. The topological polar surface area (TPSA) is 79.4 Å². The van der Waals surface area contributed by atoms with E-state index < -0.39 is 0 Å². The molecule has 2 aromatic carbocycles. The van der Waals surface area contributed by atoms with Crippen molar-refractivity contribution in [3.8, 4) is 22.9 Å². The summed E-state index contributed by atoms with van der Waals surface area (Å²) in [7, 11) is 3.22. The van der Waals surface area contributed by atoms with Gasteiger partial charge < -0.3 is 13.9 Å². The van der Waals surface area contributed by atoms with Crippen molar-refractivity contribution >= 4 is 17.5 Å². The molecule has 8 heteroatoms. The molecule has 4 rings (SSSR count). The minimum atomic E-state index is 0.00574. The van der Waals surface area contributed by atoms with Gasteiger partial charge in [-0.15, -0.1) is 10.2 Å². The molecule has 0 spiro atoms. The first kappa shape index (κ1) is 20.7. The highest BCUT2D eigenvalue weighted by molar-refractivity contribution is 7.99. The van der Waals surface area contributed by atoms with Crippen LogP contribution in [0.3, 0.4) is 0 Å². The summed E-state index contributed by atoms with van der Waals surface area (Å²) >= 11 is 1.35. The Labute approximate surface area is 184 Å². The highest BCUT2D eigenvalue weighted by atomic mass is 32.2. The Morgan fingerprint density at radius 1 is 0.968 bits per heavy atom. The zero-order valence-corrected chi connectivity index (χ0v) is 18.0. The number of aromatic nitrogens is 3. The fourth-order valence-electron chi connectivity index (χ4n) is 3.04. The Bertz CT molecular complexity index is 1140. The fourth-order valence-corrected chi connectivity index (χ4v) is 3.87. The van der Waals surface area contributed by atoms with Crippen LogP contribution in [0.2, 0.25) is 0 Å². The summed E-state index contributed by atoms with van der Waals surface area (Å²) in [6, 6.07) is 18.4. The van der Waals surface area contributed by atoms with Gasteiger partial charge in [-0.1, -0.05) is 11.8 Å². The van der Waals surface area contributed by atoms with Crippen molar-refractivity contribution in [3.63, 3.8) is 0 Å². The lowest BCUT2D eigenvalue weighted by molar-refractivity contribution is 0.102. The summed E-state index contributed by atoms with van der Waals surface area (Å²) in [4.78, 5) is 12.6. The van der Waals surface area contributed by atoms with Crippen molar-refractivity contribution in [1.29, 1.82) is 0 Å². The van der Waals surface area contributed by atoms with Gasteiger partial charge in [0, 0.05) is 11.1 Å². The van der Waals surface area contributed by atoms with Crippen molar-refractivity contribution in [2.24, 2.45) is 0 Å². The van der Waals surface area contributed by atoms with Gasteiger partial charge in [-0.05, 0) is 60.7 Å². The molecule has 0 aliphatic heterocycles. The molecule has 0 atom stereocenters. The summed E-state index contributed by atoms with van der Waals surface area (Å²) in [5, 5.41) is 9.36. The lowest BCUT2D eigenvalue weighted by atomic mass is 10.1. The molecule has 2 aromatic heterocycles. The van der Waals surface area contributed by atoms with Crippen LogP contribution in [0.25, 0.3) is 11.4 Å². The van der Waals surface area contributed by atoms with Crippen LogP contribution in [-0.2, 0) is 6.54 Å². The van der Waals surface area contributed by atoms with E-state index >= 15 is 0 Å². The summed E-state index contributed by atoms with van der Waals surface area (Å²) in [5.74, 6) is 3.19. The third kappa shape index (κ3) is 4.80. The highest BCUT2D eigenvalue weighted by Gasteiger charge is 2.17. The van der Waals surface area contributed by atoms with Crippen LogP contribution in [0.4, 0.5) is 0 Å². The standard InChI is InChI=1S/C23H21N3O4S/c1-28-18-9-5-16(6-10-18)21(27)15-31-23-25-24-22(17-7-11-19(29-2)12-8-17)26(23)14-20-4-3-13-30-20/h3-13H,14-15H2,1-2H3. The molecule has 0 fully saturated rings. The third-order valence-electron chi connectivity index (χ3n) is 4.70. The summed E-state index contributed by atoms with van der Waals surface area (Å²) < 4.78 is 17.9. The third-order valence-corrected chi connectivity index (χ3v) is 5.67. The van der Waals surface area contributed by atoms with E-state index in [0.29, 0.717) is 28.8 Å². The van der Waals surface area contributed by atoms with E-state index in [9.17, 15) is 4.79 Å². The first-order valence-electron chi connectivity index (χ1n) is 9.58. The van der Waals surface area contributed by atoms with Crippen LogP contribution in [-0.4, -0.2) is 40.5 Å². The highest BCUT2D eigenvalue weighted by Crippen LogP contribution is 2.27. The van der Waals surface area contributed by atoms with E-state index in [1.807, 2.05) is 41.0 Å². The second-order valence-electron chi connectivity index (χ2n) is 6.64. The number of thioether (sulfide) groups is 1. The van der Waals surface area contributed by atoms with Crippen LogP contribution < -0.4 is 9.47 Å². The Morgan fingerprint density at radius 2 is 1.65 bits per heavy atom. The maximum absolute atomic E-state index is 12.6. The lowest BCUT2D eigenvalue weighted by Gasteiger charge is -2.09. The van der Waals surface area contributed by atoms with Gasteiger partial charge in [0.05, 0.1) is 32.8 Å². The normalized spacial score (nSPS) is 10.8. The lowest BCUT2D eigenvalue weighted by Crippen LogP contribution is -2.06. The quantitative estimate of drug-likeness (QED) is 0.281. The van der Waals surface area contributed by atoms with E-state index in [4.69, 9.17) is 13.9 Å². The monoisotopic (exact) mass is 435 g/mol. The van der Waals surface area contributed by atoms with Crippen LogP contribution in [0.15, 0.2) is 76.5 Å². The average Bonchev–Trinajstić information content (AvgIpc) is 3.48. The molecule has 4 aromatic rings. The smallest absolute Gasteiger partial charge is 0.192 e. The molecule has 0 bridgehead atoms. The van der Waals surface area contributed by atoms with Crippen LogP contribution in [0.5, 0.6) is 11.5 Å². The SMILES string of the molecule is COc1ccc(C(=O)CSc2nnc(-c3ccc(OC)cc3)n2Cc2ccco2)cc1. The van der Waals surface area contributed by atoms with Gasteiger partial charge in [-0.2, -0.15) is 0 Å². The number of hydrogen-bond donors (Lipinski definition) is 0. The van der Waals surface area contributed by atoms with E-state index in [2.05, 4.69) is 10.2 Å². The van der Waals surface area contributed by atoms with Gasteiger partial charge in [0.25, 0.3) is 0 Å². The van der Waals surface area contributed by atoms with Crippen LogP contribution in [0.1, 0.15) is 16.1 Å². The van der Waals surface area contributed by atoms with Gasteiger partial charge in [0.2, 0.25) is 0 Å². The minimum absolute atomic E-state index is 0.00574. The molecule has 0 aliphatic carbocycles. The molecule has 0 N–H and O–H groups in total. The molecule has 31 heavy (non-hydrogen) atoms. The zero-order valence-electron chi connectivity index (χ0n) is 17.1. The Balaban J connectivity index is 1.57. The molecule has 0 aliphatic rings. The van der Waals surface area contributed by atoms with E-state index in [1.165, 1.54) is 11.8 Å². The second kappa shape index (κ2) is 9.53. The van der Waals surface area contributed by atoms with Crippen LogP contribution >= 0.6 is 11.8 Å². The van der Waals surface area contributed by atoms with Gasteiger partial charge >= 0.3 is 0 Å². The Kier molecular flexibility index (Phi) is 6.37. The van der Waals surface area contributed by atoms with Gasteiger partial charge in [-0.25, -0.2) is 0 Å². The largest absolute Gasteiger partial charge is 0.497 e. The number of nitrogens with zero attached hydrogens (tertiary/aromatic N) is 3. The number of Topliss-reactive ketones (excluding diaryl/α,β-unsaturated/α-hetero) is 1. The number of furan rings is 1. The second-order valence-corrected chi connectivity index (χ2v) is 7.58. The molecule has 7 nitrogen and oxygen atoms in total. The predicted octanol–water partition coefficient (Wildman–Crippen LogP) is 4.58. The molecule has 2 heterocycles. The zero-order chi connectivity index (χ0) is 21.6. The summed E-state index contributed by atoms with van der Waals surface area (Å²) in [5.41, 5.74) is 1.52. The van der Waals surface area contributed by atoms with Crippen LogP contribution in [0, 0.1) is 0 Å². The Morgan fingerprint density at radius 3 is 2.26 bits per heavy atom. The first-order valence-corrected chi connectivity index (χ1v) is 10.6. The molecule has 0 radical (unpaired) electrons. The number of methoxy groups -OCH3 is 2. The number of rotatable bonds is 9. The number of ketones is 1. The summed E-state index contributed by atoms with van der Waals surface area (Å²) in [6.07, 6.45) is 1.63. The Hall–Kier alpha value is -3.52. The van der Waals surface area contributed by atoms with Crippen molar-refractivity contribution in [2.75, 3.05) is 20.0 Å². The van der Waals surface area contributed by atoms with Crippen molar-refractivity contribution in [2.45, 2.75) is 11.7 Å². The number of ether oxygens (including phenoxy) is 2. The maximum atomic E-state index is 12.6. The maximum Gasteiger partial charge on any atom is 0.192 e. The minimum Gasteiger partial charge on any atom is -0.497 e. The van der Waals surface area contributed by atoms with E-state index in [1.54, 1.807) is 44.7 Å². The molecular weight excluding hydrogens is 414 g/mol. The van der Waals surface area contributed by atoms with Crippen molar-refractivity contribution < 1.29 is 18.7 Å². The van der Waals surface area contributed by atoms with Gasteiger partial charge in [-0.3, -0.25) is 9.36 Å². The number of hydrogen-bond acceptors (Lipinski definition) is 7. The molecule has 0 saturated heterocycles. The molecular formula is C23H21N3O4S. The van der Waals surface area contributed by atoms with E-state index in [0.717, 1.165) is 17.1 Å². The number of carbonyl (C=O) groups excluding carboxylic acids is 1. The van der Waals surface area contributed by atoms with Crippen molar-refractivity contribution in [3.05, 3.63) is 78.3 Å². The van der Waals surface area contributed by atoms with Gasteiger partial charge in [0.1, 0.15) is 17.3 Å². The number of carbonyl (C=O) groups is 1. The summed E-state index contributed by atoms with van der Waals surface area (Å²) in [6.45, 7) is 0.459. The van der Waals surface area contributed by atoms with E-state index in [-0.39, 0.29) is 11.5 Å². The first-order chi connectivity index (χ1) is 15.2. The molecule has 0 saturated carbocycles. The average molecular weight is 436 g/mol. The fraction of sp³-hybridized carbons (Fsp3) is 0.174. The van der Waals surface area contributed by atoms with Gasteiger partial charge in [0.15, 0.2) is 16.8 Å². The van der Waals surface area contributed by atoms with Crippen molar-refractivity contribution in [1.82, 2.24) is 14.8 Å². The molecule has 0 unspecified atom stereocenters. The molecule has 0 amide bonds. The number of benzene rings is 2.